The maximum absolute atomic E-state index is 13.9. The largest absolute Gasteiger partial charge is 0.354 e. The van der Waals surface area contributed by atoms with Gasteiger partial charge in [-0.3, -0.25) is 13.9 Å². The van der Waals surface area contributed by atoms with Gasteiger partial charge in [-0.25, -0.2) is 8.42 Å². The van der Waals surface area contributed by atoms with Gasteiger partial charge in [-0.2, -0.15) is 0 Å². The Morgan fingerprint density at radius 2 is 1.71 bits per heavy atom. The van der Waals surface area contributed by atoms with Crippen molar-refractivity contribution in [3.8, 4) is 0 Å². The molecule has 38 heavy (non-hydrogen) atoms. The van der Waals surface area contributed by atoms with E-state index >= 15 is 0 Å². The molecular weight excluding hydrogens is 590 g/mol. The van der Waals surface area contributed by atoms with Crippen LogP contribution in [0, 0.1) is 0 Å². The first-order valence-electron chi connectivity index (χ1n) is 12.3. The number of hydrogen-bond donors (Lipinski definition) is 1. The molecule has 0 spiro atoms. The predicted octanol–water partition coefficient (Wildman–Crippen LogP) is 5.63. The molecule has 2 amide bonds. The maximum atomic E-state index is 13.9. The smallest absolute Gasteiger partial charge is 0.264 e. The molecule has 3 aromatic carbocycles. The number of carbonyl (C=O) groups is 2. The Labute approximate surface area is 238 Å². The number of amides is 2. The van der Waals surface area contributed by atoms with E-state index in [0.717, 1.165) is 27.2 Å². The summed E-state index contributed by atoms with van der Waals surface area (Å²) in [5, 5.41) is 3.20. The third-order valence-corrected chi connectivity index (χ3v) is 8.46. The second-order valence-electron chi connectivity index (χ2n) is 8.78. The predicted molar refractivity (Wildman–Crippen MR) is 154 cm³/mol. The number of carbonyl (C=O) groups excluding carboxylic acids is 2. The van der Waals surface area contributed by atoms with Gasteiger partial charge in [0.2, 0.25) is 11.8 Å². The molecule has 3 rings (SSSR count). The summed E-state index contributed by atoms with van der Waals surface area (Å²) in [6.45, 7) is 3.77. The number of sulfonamides is 1. The fraction of sp³-hybridized carbons (Fsp3) is 0.286. The minimum Gasteiger partial charge on any atom is -0.354 e. The van der Waals surface area contributed by atoms with Gasteiger partial charge in [0.05, 0.1) is 10.6 Å². The quantitative estimate of drug-likeness (QED) is 0.266. The van der Waals surface area contributed by atoms with Gasteiger partial charge in [0.15, 0.2) is 0 Å². The van der Waals surface area contributed by atoms with E-state index in [1.165, 1.54) is 23.1 Å². The van der Waals surface area contributed by atoms with Crippen molar-refractivity contribution >= 4 is 55.1 Å². The van der Waals surface area contributed by atoms with Crippen molar-refractivity contribution < 1.29 is 18.0 Å². The number of unbranched alkanes of at least 4 members (excludes halogenated alkanes) is 1. The van der Waals surface area contributed by atoms with E-state index in [1.807, 2.05) is 31.2 Å². The van der Waals surface area contributed by atoms with Crippen molar-refractivity contribution in [2.45, 2.75) is 44.2 Å². The van der Waals surface area contributed by atoms with Crippen LogP contribution >= 0.6 is 27.5 Å². The van der Waals surface area contributed by atoms with Crippen LogP contribution in [0.15, 0.2) is 88.2 Å². The first-order valence-corrected chi connectivity index (χ1v) is 14.9. The first kappa shape index (κ1) is 29.7. The third-order valence-electron chi connectivity index (χ3n) is 5.95. The van der Waals surface area contributed by atoms with E-state index in [4.69, 9.17) is 11.6 Å². The third kappa shape index (κ3) is 7.82. The monoisotopic (exact) mass is 619 g/mol. The van der Waals surface area contributed by atoms with Crippen LogP contribution in [0.5, 0.6) is 0 Å². The second kappa shape index (κ2) is 13.8. The molecule has 0 radical (unpaired) electrons. The minimum absolute atomic E-state index is 0.0386. The van der Waals surface area contributed by atoms with Crippen molar-refractivity contribution in [2.75, 3.05) is 17.4 Å². The molecule has 0 heterocycles. The number of halogens is 2. The standard InChI is InChI=1S/C28H31BrClN3O4S/c1-3-4-16-31-28(35)21(2)32(19-22-10-8-11-23(29)17-22)27(34)20-33(25-13-9-12-24(30)18-25)38(36,37)26-14-6-5-7-15-26/h5-15,17-18,21H,3-4,16,19-20H2,1-2H3,(H,31,35)/t21-/m1/s1. The summed E-state index contributed by atoms with van der Waals surface area (Å²) in [5.74, 6) is -0.829. The average molecular weight is 621 g/mol. The van der Waals surface area contributed by atoms with Crippen LogP contribution in [-0.2, 0) is 26.2 Å². The zero-order valence-electron chi connectivity index (χ0n) is 21.3. The molecule has 0 fully saturated rings. The van der Waals surface area contributed by atoms with Gasteiger partial charge in [-0.05, 0) is 61.4 Å². The SMILES string of the molecule is CCCCNC(=O)[C@@H](C)N(Cc1cccc(Br)c1)C(=O)CN(c1cccc(Cl)c1)S(=O)(=O)c1ccccc1. The lowest BCUT2D eigenvalue weighted by atomic mass is 10.1. The number of anilines is 1. The molecule has 10 heteroatoms. The molecular formula is C28H31BrClN3O4S. The fourth-order valence-electron chi connectivity index (χ4n) is 3.83. The lowest BCUT2D eigenvalue weighted by molar-refractivity contribution is -0.139. The molecule has 0 aromatic heterocycles. The Bertz CT molecular complexity index is 1350. The van der Waals surface area contributed by atoms with Crippen LogP contribution in [0.3, 0.4) is 0 Å². The van der Waals surface area contributed by atoms with Crippen molar-refractivity contribution in [1.82, 2.24) is 10.2 Å². The lowest BCUT2D eigenvalue weighted by Gasteiger charge is -2.32. The van der Waals surface area contributed by atoms with Crippen LogP contribution in [0.4, 0.5) is 5.69 Å². The van der Waals surface area contributed by atoms with Gasteiger partial charge >= 0.3 is 0 Å². The lowest BCUT2D eigenvalue weighted by Crippen LogP contribution is -2.51. The Morgan fingerprint density at radius 1 is 1.00 bits per heavy atom. The topological polar surface area (TPSA) is 86.8 Å². The molecule has 202 valence electrons. The van der Waals surface area contributed by atoms with E-state index in [-0.39, 0.29) is 23.0 Å². The van der Waals surface area contributed by atoms with E-state index < -0.39 is 28.5 Å². The van der Waals surface area contributed by atoms with Gasteiger partial charge in [0.1, 0.15) is 12.6 Å². The van der Waals surface area contributed by atoms with E-state index in [1.54, 1.807) is 43.3 Å². The molecule has 0 aliphatic rings. The summed E-state index contributed by atoms with van der Waals surface area (Å²) in [6, 6.07) is 20.8. The van der Waals surface area contributed by atoms with Crippen LogP contribution in [0.2, 0.25) is 5.02 Å². The van der Waals surface area contributed by atoms with Gasteiger partial charge in [-0.1, -0.05) is 77.3 Å². The van der Waals surface area contributed by atoms with Gasteiger partial charge in [0.25, 0.3) is 10.0 Å². The Kier molecular flexibility index (Phi) is 10.8. The molecule has 1 N–H and O–H groups in total. The maximum Gasteiger partial charge on any atom is 0.264 e. The van der Waals surface area contributed by atoms with E-state index in [2.05, 4.69) is 21.2 Å². The summed E-state index contributed by atoms with van der Waals surface area (Å²) >= 11 is 9.63. The zero-order valence-corrected chi connectivity index (χ0v) is 24.5. The van der Waals surface area contributed by atoms with Crippen molar-refractivity contribution in [1.29, 1.82) is 0 Å². The average Bonchev–Trinajstić information content (AvgIpc) is 2.90. The van der Waals surface area contributed by atoms with E-state index in [9.17, 15) is 18.0 Å². The Morgan fingerprint density at radius 3 is 2.37 bits per heavy atom. The van der Waals surface area contributed by atoms with Crippen molar-refractivity contribution in [3.63, 3.8) is 0 Å². The molecule has 7 nitrogen and oxygen atoms in total. The summed E-state index contributed by atoms with van der Waals surface area (Å²) in [6.07, 6.45) is 1.73. The van der Waals surface area contributed by atoms with Crippen molar-refractivity contribution in [3.05, 3.63) is 93.9 Å². The van der Waals surface area contributed by atoms with Gasteiger partial charge < -0.3 is 10.2 Å². The Hall–Kier alpha value is -2.88. The molecule has 1 atom stereocenters. The highest BCUT2D eigenvalue weighted by Gasteiger charge is 2.32. The van der Waals surface area contributed by atoms with Gasteiger partial charge in [-0.15, -0.1) is 0 Å². The summed E-state index contributed by atoms with van der Waals surface area (Å²) in [7, 11) is -4.12. The van der Waals surface area contributed by atoms with Crippen molar-refractivity contribution in [2.24, 2.45) is 0 Å². The number of nitrogens with one attached hydrogen (secondary N) is 1. The number of benzene rings is 3. The van der Waals surface area contributed by atoms with Crippen LogP contribution in [0.25, 0.3) is 0 Å². The summed E-state index contributed by atoms with van der Waals surface area (Å²) in [5.41, 5.74) is 1.04. The highest BCUT2D eigenvalue weighted by atomic mass is 79.9. The minimum atomic E-state index is -4.12. The normalized spacial score (nSPS) is 12.0. The molecule has 3 aromatic rings. The highest BCUT2D eigenvalue weighted by Crippen LogP contribution is 2.27. The molecule has 0 aliphatic carbocycles. The number of hydrogen-bond acceptors (Lipinski definition) is 4. The molecule has 0 bridgehead atoms. The highest BCUT2D eigenvalue weighted by molar-refractivity contribution is 9.10. The zero-order chi connectivity index (χ0) is 27.7. The van der Waals surface area contributed by atoms with Crippen LogP contribution < -0.4 is 9.62 Å². The van der Waals surface area contributed by atoms with Crippen LogP contribution in [-0.4, -0.2) is 44.3 Å². The molecule has 0 saturated carbocycles. The molecule has 0 unspecified atom stereocenters. The number of rotatable bonds is 12. The summed E-state index contributed by atoms with van der Waals surface area (Å²) < 4.78 is 29.3. The van der Waals surface area contributed by atoms with E-state index in [0.29, 0.717) is 11.6 Å². The molecule has 0 aliphatic heterocycles. The Balaban J connectivity index is 1.99. The summed E-state index contributed by atoms with van der Waals surface area (Å²) in [4.78, 5) is 28.3. The number of nitrogens with zero attached hydrogens (tertiary/aromatic N) is 2. The fourth-order valence-corrected chi connectivity index (χ4v) is 5.89. The molecule has 0 saturated heterocycles. The van der Waals surface area contributed by atoms with Crippen LogP contribution in [0.1, 0.15) is 32.3 Å². The van der Waals surface area contributed by atoms with Gasteiger partial charge in [0, 0.05) is 22.6 Å². The second-order valence-corrected chi connectivity index (χ2v) is 12.0. The first-order chi connectivity index (χ1) is 18.1.